The van der Waals surface area contributed by atoms with Crippen LogP contribution >= 0.6 is 0 Å². The number of ether oxygens (including phenoxy) is 1. The normalized spacial score (nSPS) is 17.9. The van der Waals surface area contributed by atoms with Gasteiger partial charge in [-0.3, -0.25) is 0 Å². The van der Waals surface area contributed by atoms with Crippen molar-refractivity contribution >= 4 is 34.5 Å². The maximum atomic E-state index is 10.1. The summed E-state index contributed by atoms with van der Waals surface area (Å²) in [5.41, 5.74) is 6.02. The Morgan fingerprint density at radius 1 is 1.06 bits per heavy atom. The number of aryl methyl sites for hydroxylation is 1. The van der Waals surface area contributed by atoms with Gasteiger partial charge in [0, 0.05) is 62.2 Å². The molecule has 9 nitrogen and oxygen atoms in total. The lowest BCUT2D eigenvalue weighted by Gasteiger charge is -2.30. The summed E-state index contributed by atoms with van der Waals surface area (Å²) >= 11 is 0. The first-order valence-electron chi connectivity index (χ1n) is 12.4. The Balaban J connectivity index is 1.43. The third-order valence-corrected chi connectivity index (χ3v) is 6.87. The maximum Gasteiger partial charge on any atom is 0.229 e. The Bertz CT molecular complexity index is 1180. The van der Waals surface area contributed by atoms with E-state index in [4.69, 9.17) is 9.72 Å². The zero-order valence-corrected chi connectivity index (χ0v) is 20.9. The van der Waals surface area contributed by atoms with Crippen LogP contribution in [0.4, 0.5) is 34.5 Å². The van der Waals surface area contributed by atoms with Gasteiger partial charge in [-0.1, -0.05) is 12.1 Å². The fourth-order valence-corrected chi connectivity index (χ4v) is 4.79. The number of hydrogen-bond donors (Lipinski definition) is 3. The molecule has 1 atom stereocenters. The summed E-state index contributed by atoms with van der Waals surface area (Å²) in [5.74, 6) is 1.25. The van der Waals surface area contributed by atoms with Crippen LogP contribution in [0, 0.1) is 6.92 Å². The molecule has 36 heavy (non-hydrogen) atoms. The molecule has 0 unspecified atom stereocenters. The molecule has 0 radical (unpaired) electrons. The molecule has 0 aliphatic carbocycles. The molecule has 2 aliphatic heterocycles. The van der Waals surface area contributed by atoms with Crippen LogP contribution in [-0.2, 0) is 11.3 Å². The fraction of sp³-hybridized carbons (Fsp3) is 0.407. The summed E-state index contributed by atoms with van der Waals surface area (Å²) in [7, 11) is 1.96. The average molecular weight is 491 g/mol. The van der Waals surface area contributed by atoms with Gasteiger partial charge in [0.1, 0.15) is 5.82 Å². The first-order valence-corrected chi connectivity index (χ1v) is 12.4. The van der Waals surface area contributed by atoms with Crippen molar-refractivity contribution in [2.24, 2.45) is 0 Å². The lowest BCUT2D eigenvalue weighted by Crippen LogP contribution is -2.36. The van der Waals surface area contributed by atoms with E-state index >= 15 is 0 Å². The van der Waals surface area contributed by atoms with Crippen molar-refractivity contribution in [2.75, 3.05) is 66.5 Å². The minimum atomic E-state index is -0.295. The SMILES string of the molecule is Cc1ccc(CO)cc1N(C)c1ccnc(Nc2cc(N3CCOCC3)cc(N3CC[C@H](O)C3)c2)n1. The number of aromatic nitrogens is 2. The number of rotatable bonds is 7. The van der Waals surface area contributed by atoms with Crippen molar-refractivity contribution in [2.45, 2.75) is 26.1 Å². The number of benzene rings is 2. The molecule has 3 N–H and O–H groups in total. The van der Waals surface area contributed by atoms with E-state index in [0.29, 0.717) is 25.7 Å². The minimum Gasteiger partial charge on any atom is -0.392 e. The summed E-state index contributed by atoms with van der Waals surface area (Å²) in [6.07, 6.45) is 2.23. The van der Waals surface area contributed by atoms with Crippen LogP contribution in [0.5, 0.6) is 0 Å². The summed E-state index contributed by atoms with van der Waals surface area (Å²) in [5, 5.41) is 23.1. The topological polar surface area (TPSA) is 97.2 Å². The third-order valence-electron chi connectivity index (χ3n) is 6.87. The van der Waals surface area contributed by atoms with Crippen LogP contribution in [-0.4, -0.2) is 72.7 Å². The highest BCUT2D eigenvalue weighted by Gasteiger charge is 2.22. The highest BCUT2D eigenvalue weighted by Crippen LogP contribution is 2.32. The second-order valence-corrected chi connectivity index (χ2v) is 9.43. The molecule has 2 saturated heterocycles. The van der Waals surface area contributed by atoms with Gasteiger partial charge in [-0.15, -0.1) is 0 Å². The lowest BCUT2D eigenvalue weighted by molar-refractivity contribution is 0.122. The van der Waals surface area contributed by atoms with Gasteiger partial charge < -0.3 is 35.0 Å². The molecule has 190 valence electrons. The van der Waals surface area contributed by atoms with E-state index in [0.717, 1.165) is 65.7 Å². The van der Waals surface area contributed by atoms with E-state index in [-0.39, 0.29) is 12.7 Å². The molecule has 2 aliphatic rings. The van der Waals surface area contributed by atoms with Gasteiger partial charge in [0.05, 0.1) is 25.9 Å². The number of β-amino-alcohol motifs (C(OH)–C–C–N with tert-alkyl or cyclic N) is 1. The van der Waals surface area contributed by atoms with Gasteiger partial charge in [-0.2, -0.15) is 4.98 Å². The van der Waals surface area contributed by atoms with E-state index in [1.807, 2.05) is 43.1 Å². The molecule has 3 aromatic rings. The highest BCUT2D eigenvalue weighted by atomic mass is 16.5. The lowest BCUT2D eigenvalue weighted by atomic mass is 10.1. The molecule has 0 saturated carbocycles. The van der Waals surface area contributed by atoms with Gasteiger partial charge in [-0.05, 0) is 54.8 Å². The molecule has 9 heteroatoms. The minimum absolute atomic E-state index is 0.00639. The smallest absolute Gasteiger partial charge is 0.229 e. The third kappa shape index (κ3) is 5.38. The molecule has 0 bridgehead atoms. The van der Waals surface area contributed by atoms with Crippen LogP contribution in [0.3, 0.4) is 0 Å². The quantitative estimate of drug-likeness (QED) is 0.461. The number of hydrogen-bond acceptors (Lipinski definition) is 9. The summed E-state index contributed by atoms with van der Waals surface area (Å²) in [6.45, 7) is 6.61. The Hall–Kier alpha value is -3.40. The van der Waals surface area contributed by atoms with Crippen molar-refractivity contribution in [3.63, 3.8) is 0 Å². The Kier molecular flexibility index (Phi) is 7.22. The van der Waals surface area contributed by atoms with E-state index < -0.39 is 0 Å². The zero-order valence-electron chi connectivity index (χ0n) is 20.9. The average Bonchev–Trinajstić information content (AvgIpc) is 3.35. The molecule has 0 spiro atoms. The molecule has 3 heterocycles. The van der Waals surface area contributed by atoms with Gasteiger partial charge in [0.2, 0.25) is 5.95 Å². The first kappa shape index (κ1) is 24.3. The number of nitrogens with zero attached hydrogens (tertiary/aromatic N) is 5. The molecule has 2 fully saturated rings. The van der Waals surface area contributed by atoms with Crippen LogP contribution in [0.1, 0.15) is 17.5 Å². The summed E-state index contributed by atoms with van der Waals surface area (Å²) in [6, 6.07) is 14.2. The number of nitrogens with one attached hydrogen (secondary N) is 1. The Morgan fingerprint density at radius 2 is 1.83 bits per heavy atom. The molecule has 1 aromatic heterocycles. The molecule has 0 amide bonds. The monoisotopic (exact) mass is 490 g/mol. The van der Waals surface area contributed by atoms with E-state index in [1.54, 1.807) is 6.20 Å². The standard InChI is InChI=1S/C27H34N6O3/c1-19-3-4-20(18-34)13-25(19)31(2)26-5-7-28-27(30-26)29-21-14-22(32-9-11-36-12-10-32)16-23(15-21)33-8-6-24(35)17-33/h3-5,7,13-16,24,34-35H,6,8-12,17-18H2,1-2H3,(H,28,29,30)/t24-/m0/s1. The number of morpholine rings is 1. The van der Waals surface area contributed by atoms with Crippen molar-refractivity contribution in [1.82, 2.24) is 9.97 Å². The molecule has 2 aromatic carbocycles. The molecular formula is C27H34N6O3. The first-order chi connectivity index (χ1) is 17.5. The van der Waals surface area contributed by atoms with Crippen LogP contribution in [0.25, 0.3) is 0 Å². The Morgan fingerprint density at radius 3 is 2.56 bits per heavy atom. The van der Waals surface area contributed by atoms with Gasteiger partial charge in [0.25, 0.3) is 0 Å². The van der Waals surface area contributed by atoms with Gasteiger partial charge in [-0.25, -0.2) is 4.98 Å². The molecule has 5 rings (SSSR count). The number of aliphatic hydroxyl groups excluding tert-OH is 2. The number of aliphatic hydroxyl groups is 2. The summed E-state index contributed by atoms with van der Waals surface area (Å²) < 4.78 is 5.55. The predicted molar refractivity (Wildman–Crippen MR) is 143 cm³/mol. The van der Waals surface area contributed by atoms with E-state index in [9.17, 15) is 10.2 Å². The van der Waals surface area contributed by atoms with Gasteiger partial charge in [0.15, 0.2) is 0 Å². The van der Waals surface area contributed by atoms with Crippen molar-refractivity contribution in [3.8, 4) is 0 Å². The van der Waals surface area contributed by atoms with Crippen LogP contribution in [0.15, 0.2) is 48.7 Å². The van der Waals surface area contributed by atoms with E-state index in [1.165, 1.54) is 0 Å². The predicted octanol–water partition coefficient (Wildman–Crippen LogP) is 3.20. The zero-order chi connectivity index (χ0) is 25.1. The fourth-order valence-electron chi connectivity index (χ4n) is 4.79. The van der Waals surface area contributed by atoms with Crippen LogP contribution in [0.2, 0.25) is 0 Å². The van der Waals surface area contributed by atoms with Gasteiger partial charge >= 0.3 is 0 Å². The maximum absolute atomic E-state index is 10.1. The molecular weight excluding hydrogens is 456 g/mol. The number of anilines is 6. The van der Waals surface area contributed by atoms with Crippen molar-refractivity contribution in [3.05, 3.63) is 59.8 Å². The van der Waals surface area contributed by atoms with Crippen molar-refractivity contribution < 1.29 is 14.9 Å². The van der Waals surface area contributed by atoms with Crippen LogP contribution < -0.4 is 20.0 Å². The second-order valence-electron chi connectivity index (χ2n) is 9.43. The summed E-state index contributed by atoms with van der Waals surface area (Å²) in [4.78, 5) is 15.8. The Labute approximate surface area is 212 Å². The second kappa shape index (κ2) is 10.7. The van der Waals surface area contributed by atoms with Crippen molar-refractivity contribution in [1.29, 1.82) is 0 Å². The largest absolute Gasteiger partial charge is 0.392 e. The highest BCUT2D eigenvalue weighted by molar-refractivity contribution is 5.72. The van der Waals surface area contributed by atoms with E-state index in [2.05, 4.69) is 38.3 Å².